The van der Waals surface area contributed by atoms with Crippen molar-refractivity contribution >= 4 is 29.2 Å². The Morgan fingerprint density at radius 1 is 1.03 bits per heavy atom. The number of nitro benzene ring substituents is 1. The van der Waals surface area contributed by atoms with Crippen LogP contribution in [0, 0.1) is 14.1 Å². The lowest BCUT2D eigenvalue weighted by atomic mass is 9.98. The van der Waals surface area contributed by atoms with Crippen molar-refractivity contribution in [3.8, 4) is 17.2 Å². The van der Waals surface area contributed by atoms with Crippen LogP contribution < -0.4 is 0 Å². The zero-order chi connectivity index (χ0) is 23.9. The molecule has 182 valence electrons. The molecule has 0 radical (unpaired) electrons. The van der Waals surface area contributed by atoms with Crippen LogP contribution >= 0.6 is 23.6 Å². The van der Waals surface area contributed by atoms with E-state index in [1.54, 1.807) is 12.1 Å². The maximum absolute atomic E-state index is 11.1. The summed E-state index contributed by atoms with van der Waals surface area (Å²) in [5, 5.41) is 22.2. The average molecular weight is 501 g/mol. The fraction of sp³-hybridized carbons (Fsp3) is 0.500. The third kappa shape index (κ3) is 6.16. The number of furan rings is 1. The molecule has 1 aliphatic carbocycles. The number of nitrogens with zero attached hydrogens (tertiary/aromatic N) is 2. The molecule has 1 aromatic carbocycles. The number of hydrogen-bond acceptors (Lipinski definition) is 6. The number of nitro groups is 1. The molecule has 1 saturated carbocycles. The van der Waals surface area contributed by atoms with E-state index in [1.807, 2.05) is 16.7 Å². The van der Waals surface area contributed by atoms with Crippen molar-refractivity contribution in [1.29, 1.82) is 0 Å². The molecular weight excluding hydrogens is 468 g/mol. The summed E-state index contributed by atoms with van der Waals surface area (Å²) in [6, 6.07) is 10.3. The van der Waals surface area contributed by atoms with E-state index in [9.17, 15) is 15.2 Å². The van der Waals surface area contributed by atoms with Gasteiger partial charge < -0.3 is 9.52 Å². The van der Waals surface area contributed by atoms with Crippen LogP contribution in [0.1, 0.15) is 87.3 Å². The van der Waals surface area contributed by atoms with Gasteiger partial charge in [0.25, 0.3) is 5.69 Å². The van der Waals surface area contributed by atoms with Crippen molar-refractivity contribution in [1.82, 2.24) is 4.57 Å². The highest BCUT2D eigenvalue weighted by Crippen LogP contribution is 2.36. The van der Waals surface area contributed by atoms with Crippen LogP contribution in [-0.4, -0.2) is 14.6 Å². The normalized spacial score (nSPS) is 16.6. The highest BCUT2D eigenvalue weighted by Gasteiger charge is 2.21. The minimum atomic E-state index is -0.413. The Morgan fingerprint density at radius 3 is 2.32 bits per heavy atom. The minimum absolute atomic E-state index is 0.0279. The van der Waals surface area contributed by atoms with Gasteiger partial charge in [0, 0.05) is 30.2 Å². The van der Waals surface area contributed by atoms with Gasteiger partial charge in [0.15, 0.2) is 3.95 Å². The molecule has 0 spiro atoms. The summed E-state index contributed by atoms with van der Waals surface area (Å²) >= 11 is 7.14. The van der Waals surface area contributed by atoms with E-state index in [0.717, 1.165) is 21.7 Å². The lowest BCUT2D eigenvalue weighted by Gasteiger charge is -2.20. The van der Waals surface area contributed by atoms with E-state index in [-0.39, 0.29) is 17.6 Å². The molecule has 1 N–H and O–H groups in total. The second-order valence-electron chi connectivity index (χ2n) is 9.15. The predicted molar refractivity (Wildman–Crippen MR) is 138 cm³/mol. The number of non-ortho nitro benzene ring substituents is 1. The molecule has 6 nitrogen and oxygen atoms in total. The monoisotopic (exact) mass is 500 g/mol. The van der Waals surface area contributed by atoms with Gasteiger partial charge in [0.2, 0.25) is 5.88 Å². The van der Waals surface area contributed by atoms with E-state index in [0.29, 0.717) is 23.5 Å². The van der Waals surface area contributed by atoms with Crippen molar-refractivity contribution in [3.05, 3.63) is 61.1 Å². The molecule has 0 saturated heterocycles. The zero-order valence-corrected chi connectivity index (χ0v) is 21.0. The van der Waals surface area contributed by atoms with Crippen LogP contribution in [-0.2, 0) is 6.42 Å². The van der Waals surface area contributed by atoms with E-state index < -0.39 is 4.92 Å². The molecule has 3 aromatic rings. The van der Waals surface area contributed by atoms with Crippen molar-refractivity contribution in [2.75, 3.05) is 0 Å². The molecule has 0 unspecified atom stereocenters. The van der Waals surface area contributed by atoms with Crippen molar-refractivity contribution < 1.29 is 14.4 Å². The summed E-state index contributed by atoms with van der Waals surface area (Å²) in [7, 11) is 0. The van der Waals surface area contributed by atoms with Gasteiger partial charge in [0.05, 0.1) is 9.80 Å². The summed E-state index contributed by atoms with van der Waals surface area (Å²) in [5.74, 6) is 1.53. The first-order valence-electron chi connectivity index (χ1n) is 12.3. The lowest BCUT2D eigenvalue weighted by Crippen LogP contribution is -2.09. The maximum atomic E-state index is 11.1. The first kappa shape index (κ1) is 24.7. The Balaban J connectivity index is 1.50. The van der Waals surface area contributed by atoms with Gasteiger partial charge in [-0.2, -0.15) is 0 Å². The van der Waals surface area contributed by atoms with Crippen LogP contribution in [0.25, 0.3) is 11.3 Å². The quantitative estimate of drug-likeness (QED) is 0.215. The van der Waals surface area contributed by atoms with Crippen molar-refractivity contribution in [2.45, 2.75) is 83.1 Å². The number of thiazole rings is 1. The number of aromatic nitrogens is 1. The van der Waals surface area contributed by atoms with Gasteiger partial charge >= 0.3 is 0 Å². The predicted octanol–water partition coefficient (Wildman–Crippen LogP) is 8.59. The highest BCUT2D eigenvalue weighted by molar-refractivity contribution is 7.73. The average Bonchev–Trinajstić information content (AvgIpc) is 3.39. The van der Waals surface area contributed by atoms with E-state index >= 15 is 0 Å². The summed E-state index contributed by atoms with van der Waals surface area (Å²) in [4.78, 5) is 11.5. The van der Waals surface area contributed by atoms with Crippen LogP contribution in [0.3, 0.4) is 0 Å². The molecule has 2 aromatic heterocycles. The largest absolute Gasteiger partial charge is 0.494 e. The van der Waals surface area contributed by atoms with Crippen LogP contribution in [0.15, 0.2) is 40.8 Å². The second kappa shape index (κ2) is 11.8. The first-order chi connectivity index (χ1) is 16.5. The third-order valence-electron chi connectivity index (χ3n) is 6.66. The summed E-state index contributed by atoms with van der Waals surface area (Å²) < 4.78 is 8.68. The van der Waals surface area contributed by atoms with Crippen LogP contribution in [0.5, 0.6) is 5.88 Å². The Labute approximate surface area is 209 Å². The number of hydrogen-bond donors (Lipinski definition) is 1. The van der Waals surface area contributed by atoms with Gasteiger partial charge in [-0.05, 0) is 37.2 Å². The number of aromatic hydroxyl groups is 1. The van der Waals surface area contributed by atoms with Gasteiger partial charge in [-0.3, -0.25) is 14.7 Å². The first-order valence-corrected chi connectivity index (χ1v) is 13.5. The van der Waals surface area contributed by atoms with Crippen LogP contribution in [0.2, 0.25) is 0 Å². The van der Waals surface area contributed by atoms with Gasteiger partial charge in [0.1, 0.15) is 11.5 Å². The molecule has 34 heavy (non-hydrogen) atoms. The van der Waals surface area contributed by atoms with Gasteiger partial charge in [-0.15, -0.1) is 11.3 Å². The smallest absolute Gasteiger partial charge is 0.270 e. The fourth-order valence-electron chi connectivity index (χ4n) is 4.82. The summed E-state index contributed by atoms with van der Waals surface area (Å²) in [5.41, 5.74) is 0.684. The molecule has 1 aliphatic rings. The second-order valence-corrected chi connectivity index (χ2v) is 10.9. The van der Waals surface area contributed by atoms with Crippen LogP contribution in [0.4, 0.5) is 5.69 Å². The highest BCUT2D eigenvalue weighted by atomic mass is 32.1. The zero-order valence-electron chi connectivity index (χ0n) is 19.4. The standard InChI is InChI=1S/C26H32N2O4S2/c29-25-24(18-22-15-16-23(32-22)19-11-10-14-21(17-19)28(30)31)34-26(33)27(25)20-12-8-6-4-2-1-3-5-7-9-13-20/h10-11,14-17,20,29H,1-9,12-13,18H2. The molecule has 0 aliphatic heterocycles. The Kier molecular flexibility index (Phi) is 8.56. The van der Waals surface area contributed by atoms with E-state index in [4.69, 9.17) is 16.6 Å². The van der Waals surface area contributed by atoms with Gasteiger partial charge in [-0.25, -0.2) is 0 Å². The van der Waals surface area contributed by atoms with Gasteiger partial charge in [-0.1, -0.05) is 69.9 Å². The Hall–Kier alpha value is -2.45. The Bertz CT molecular complexity index is 1150. The number of benzene rings is 1. The topological polar surface area (TPSA) is 81.4 Å². The van der Waals surface area contributed by atoms with Crippen molar-refractivity contribution in [2.24, 2.45) is 0 Å². The molecule has 1 fully saturated rings. The summed E-state index contributed by atoms with van der Waals surface area (Å²) in [6.07, 6.45) is 14.0. The third-order valence-corrected chi connectivity index (χ3v) is 8.05. The maximum Gasteiger partial charge on any atom is 0.270 e. The molecule has 2 heterocycles. The van der Waals surface area contributed by atoms with E-state index in [1.165, 1.54) is 81.3 Å². The summed E-state index contributed by atoms with van der Waals surface area (Å²) in [6.45, 7) is 0. The minimum Gasteiger partial charge on any atom is -0.494 e. The molecule has 0 amide bonds. The molecule has 0 atom stereocenters. The molecular formula is C26H32N2O4S2. The fourth-order valence-corrected chi connectivity index (χ4v) is 6.30. The SMILES string of the molecule is O=[N+]([O-])c1cccc(-c2ccc(Cc3sc(=S)n(C4CCCCCCCCCCC4)c3O)o2)c1. The lowest BCUT2D eigenvalue weighted by molar-refractivity contribution is -0.384. The number of rotatable bonds is 5. The molecule has 0 bridgehead atoms. The van der Waals surface area contributed by atoms with Crippen molar-refractivity contribution in [3.63, 3.8) is 0 Å². The Morgan fingerprint density at radius 2 is 1.68 bits per heavy atom. The van der Waals surface area contributed by atoms with E-state index in [2.05, 4.69) is 0 Å². The molecule has 4 rings (SSSR count). The molecule has 8 heteroatoms.